The summed E-state index contributed by atoms with van der Waals surface area (Å²) >= 11 is 0. The van der Waals surface area contributed by atoms with E-state index in [9.17, 15) is 0 Å². The van der Waals surface area contributed by atoms with Gasteiger partial charge in [0.2, 0.25) is 0 Å². The normalized spacial score (nSPS) is 11.9. The van der Waals surface area contributed by atoms with Crippen molar-refractivity contribution in [1.29, 1.82) is 0 Å². The molecule has 0 heterocycles. The van der Waals surface area contributed by atoms with Crippen molar-refractivity contribution in [2.24, 2.45) is 0 Å². The molecule has 0 heteroatoms. The van der Waals surface area contributed by atoms with Crippen LogP contribution >= 0.6 is 0 Å². The third kappa shape index (κ3) is 3.38. The summed E-state index contributed by atoms with van der Waals surface area (Å²) in [5.41, 5.74) is 13.2. The van der Waals surface area contributed by atoms with E-state index in [1.165, 1.54) is 66.4 Å². The van der Waals surface area contributed by atoms with Gasteiger partial charge in [0.05, 0.1) is 0 Å². The van der Waals surface area contributed by atoms with E-state index in [0.29, 0.717) is 0 Å². The minimum absolute atomic E-state index is 1.01. The van der Waals surface area contributed by atoms with Crippen molar-refractivity contribution in [1.82, 2.24) is 0 Å². The molecule has 0 unspecified atom stereocenters. The largest absolute Gasteiger partial charge is 0.0622 e. The quantitative estimate of drug-likeness (QED) is 0.255. The molecule has 0 radical (unpaired) electrons. The molecular formula is C35H24. The van der Waals surface area contributed by atoms with Crippen molar-refractivity contribution in [3.8, 4) is 44.5 Å². The molecular weight excluding hydrogens is 420 g/mol. The first-order valence-corrected chi connectivity index (χ1v) is 12.2. The number of rotatable bonds is 3. The molecule has 0 spiro atoms. The van der Waals surface area contributed by atoms with Gasteiger partial charge in [0, 0.05) is 0 Å². The van der Waals surface area contributed by atoms with Gasteiger partial charge in [-0.1, -0.05) is 121 Å². The van der Waals surface area contributed by atoms with Crippen molar-refractivity contribution in [2.75, 3.05) is 0 Å². The average Bonchev–Trinajstić information content (AvgIpc) is 3.30. The van der Waals surface area contributed by atoms with E-state index < -0.39 is 0 Å². The summed E-state index contributed by atoms with van der Waals surface area (Å²) in [4.78, 5) is 0. The van der Waals surface area contributed by atoms with Crippen molar-refractivity contribution in [2.45, 2.75) is 6.42 Å². The van der Waals surface area contributed by atoms with E-state index in [2.05, 4.69) is 133 Å². The van der Waals surface area contributed by atoms with Crippen LogP contribution in [-0.2, 0) is 6.42 Å². The molecule has 164 valence electrons. The minimum Gasteiger partial charge on any atom is -0.0622 e. The molecule has 0 aliphatic heterocycles. The zero-order valence-corrected chi connectivity index (χ0v) is 19.4. The third-order valence-corrected chi connectivity index (χ3v) is 7.32. The Morgan fingerprint density at radius 2 is 0.829 bits per heavy atom. The Kier molecular flexibility index (Phi) is 4.63. The second-order valence-corrected chi connectivity index (χ2v) is 9.36. The Balaban J connectivity index is 1.44. The Morgan fingerprint density at radius 1 is 0.314 bits per heavy atom. The zero-order chi connectivity index (χ0) is 23.2. The van der Waals surface area contributed by atoms with E-state index in [-0.39, 0.29) is 0 Å². The summed E-state index contributed by atoms with van der Waals surface area (Å²) in [6, 6.07) is 48.7. The first-order chi connectivity index (χ1) is 17.3. The molecule has 0 amide bonds. The van der Waals surface area contributed by atoms with Crippen LogP contribution in [0.15, 0.2) is 133 Å². The van der Waals surface area contributed by atoms with Gasteiger partial charge in [-0.15, -0.1) is 0 Å². The van der Waals surface area contributed by atoms with Crippen LogP contribution in [0.25, 0.3) is 55.3 Å². The smallest absolute Gasteiger partial charge is 0.00132 e. The molecule has 0 saturated heterocycles. The van der Waals surface area contributed by atoms with Gasteiger partial charge in [-0.2, -0.15) is 0 Å². The van der Waals surface area contributed by atoms with Crippen molar-refractivity contribution < 1.29 is 0 Å². The Labute approximate surface area is 206 Å². The second-order valence-electron chi connectivity index (χ2n) is 9.36. The second kappa shape index (κ2) is 8.11. The standard InChI is InChI=1S/C35H24/c1-3-9-24(10-4-1)25-15-17-27(18-16-25)32-20-19-31(26-11-5-2-6-12-26)34-22-29-21-28-13-7-8-14-30(28)33(29)23-35(32)34/h1-20,22-23H,21H2. The molecule has 0 N–H and O–H groups in total. The first kappa shape index (κ1) is 20.0. The summed E-state index contributed by atoms with van der Waals surface area (Å²) in [6.07, 6.45) is 1.01. The van der Waals surface area contributed by atoms with E-state index in [1.54, 1.807) is 0 Å². The van der Waals surface area contributed by atoms with Crippen LogP contribution in [-0.4, -0.2) is 0 Å². The van der Waals surface area contributed by atoms with E-state index >= 15 is 0 Å². The van der Waals surface area contributed by atoms with Gasteiger partial charge in [-0.05, 0) is 85.0 Å². The summed E-state index contributed by atoms with van der Waals surface area (Å²) in [5, 5.41) is 2.64. The molecule has 0 saturated carbocycles. The maximum Gasteiger partial charge on any atom is -0.00132 e. The highest BCUT2D eigenvalue weighted by Gasteiger charge is 2.21. The summed E-state index contributed by atoms with van der Waals surface area (Å²) in [5.74, 6) is 0. The Hall–Kier alpha value is -4.42. The number of hydrogen-bond donors (Lipinski definition) is 0. The predicted molar refractivity (Wildman–Crippen MR) is 148 cm³/mol. The molecule has 6 aromatic carbocycles. The van der Waals surface area contributed by atoms with Crippen LogP contribution in [0.2, 0.25) is 0 Å². The van der Waals surface area contributed by atoms with Gasteiger partial charge in [0.1, 0.15) is 0 Å². The third-order valence-electron chi connectivity index (χ3n) is 7.32. The predicted octanol–water partition coefficient (Wildman–Crippen LogP) is 9.41. The van der Waals surface area contributed by atoms with Crippen LogP contribution < -0.4 is 0 Å². The maximum atomic E-state index is 2.44. The summed E-state index contributed by atoms with van der Waals surface area (Å²) in [7, 11) is 0. The van der Waals surface area contributed by atoms with Crippen LogP contribution in [0.4, 0.5) is 0 Å². The van der Waals surface area contributed by atoms with Crippen LogP contribution in [0.5, 0.6) is 0 Å². The van der Waals surface area contributed by atoms with Crippen LogP contribution in [0.1, 0.15) is 11.1 Å². The topological polar surface area (TPSA) is 0 Å². The molecule has 0 bridgehead atoms. The fourth-order valence-corrected chi connectivity index (χ4v) is 5.57. The van der Waals surface area contributed by atoms with Crippen molar-refractivity contribution in [3.05, 3.63) is 145 Å². The van der Waals surface area contributed by atoms with E-state index in [4.69, 9.17) is 0 Å². The average molecular weight is 445 g/mol. The molecule has 0 fully saturated rings. The van der Waals surface area contributed by atoms with Gasteiger partial charge in [0.25, 0.3) is 0 Å². The highest BCUT2D eigenvalue weighted by atomic mass is 14.2. The molecule has 6 aromatic rings. The lowest BCUT2D eigenvalue weighted by Gasteiger charge is -2.15. The van der Waals surface area contributed by atoms with Gasteiger partial charge >= 0.3 is 0 Å². The number of benzene rings is 6. The molecule has 7 rings (SSSR count). The lowest BCUT2D eigenvalue weighted by atomic mass is 9.89. The highest BCUT2D eigenvalue weighted by molar-refractivity contribution is 6.07. The van der Waals surface area contributed by atoms with Crippen molar-refractivity contribution >= 4 is 10.8 Å². The molecule has 0 nitrogen and oxygen atoms in total. The fraction of sp³-hybridized carbons (Fsp3) is 0.0286. The van der Waals surface area contributed by atoms with E-state index in [0.717, 1.165) is 6.42 Å². The fourth-order valence-electron chi connectivity index (χ4n) is 5.57. The van der Waals surface area contributed by atoms with Crippen LogP contribution in [0, 0.1) is 0 Å². The molecule has 0 aromatic heterocycles. The summed E-state index contributed by atoms with van der Waals surface area (Å²) < 4.78 is 0. The molecule has 0 atom stereocenters. The maximum absolute atomic E-state index is 2.44. The summed E-state index contributed by atoms with van der Waals surface area (Å²) in [6.45, 7) is 0. The number of hydrogen-bond acceptors (Lipinski definition) is 0. The van der Waals surface area contributed by atoms with Gasteiger partial charge in [-0.25, -0.2) is 0 Å². The lowest BCUT2D eigenvalue weighted by Crippen LogP contribution is -1.89. The van der Waals surface area contributed by atoms with Crippen molar-refractivity contribution in [3.63, 3.8) is 0 Å². The van der Waals surface area contributed by atoms with Gasteiger partial charge in [-0.3, -0.25) is 0 Å². The highest BCUT2D eigenvalue weighted by Crippen LogP contribution is 2.43. The molecule has 1 aliphatic carbocycles. The minimum atomic E-state index is 1.01. The number of fused-ring (bicyclic) bond motifs is 4. The molecule has 35 heavy (non-hydrogen) atoms. The Bertz CT molecular complexity index is 1670. The van der Waals surface area contributed by atoms with E-state index in [1.807, 2.05) is 0 Å². The first-order valence-electron chi connectivity index (χ1n) is 12.2. The monoisotopic (exact) mass is 444 g/mol. The molecule has 1 aliphatic rings. The Morgan fingerprint density at radius 3 is 1.54 bits per heavy atom. The zero-order valence-electron chi connectivity index (χ0n) is 19.4. The lowest BCUT2D eigenvalue weighted by molar-refractivity contribution is 1.27. The van der Waals surface area contributed by atoms with Crippen LogP contribution in [0.3, 0.4) is 0 Å². The van der Waals surface area contributed by atoms with Gasteiger partial charge in [0.15, 0.2) is 0 Å². The van der Waals surface area contributed by atoms with Gasteiger partial charge < -0.3 is 0 Å². The SMILES string of the molecule is c1ccc(-c2ccc(-c3ccc(-c4ccccc4)c4cc5c(cc34)-c3ccccc3C5)cc2)cc1.